The third kappa shape index (κ3) is 2.64. The maximum Gasteiger partial charge on any atom is 0.0802 e. The number of hydrogen-bond donors (Lipinski definition) is 2. The quantitative estimate of drug-likeness (QED) is 0.518. The second kappa shape index (κ2) is 3.88. The highest BCUT2D eigenvalue weighted by Gasteiger charge is 2.16. The summed E-state index contributed by atoms with van der Waals surface area (Å²) < 4.78 is 0. The Morgan fingerprint density at radius 2 is 1.91 bits per heavy atom. The van der Waals surface area contributed by atoms with Gasteiger partial charge in [0.25, 0.3) is 0 Å². The van der Waals surface area contributed by atoms with E-state index in [1.54, 1.807) is 0 Å². The molecule has 11 heavy (non-hydrogen) atoms. The van der Waals surface area contributed by atoms with Crippen LogP contribution in [0.4, 0.5) is 0 Å². The standard InChI is InChI=1S/C9H16O2/c1-7-3-2-4-8(10)9(11)6-5-7/h3,8-11H,2,4-6H2,1H3/b7-3-. The number of allylic oxidation sites excluding steroid dienone is 2. The van der Waals surface area contributed by atoms with Crippen molar-refractivity contribution in [1.29, 1.82) is 0 Å². The number of aliphatic hydroxyl groups excluding tert-OH is 2. The molecular formula is C9H16O2. The monoisotopic (exact) mass is 156 g/mol. The van der Waals surface area contributed by atoms with Gasteiger partial charge in [0.05, 0.1) is 12.2 Å². The number of hydrogen-bond acceptors (Lipinski definition) is 2. The molecule has 1 aliphatic carbocycles. The molecule has 0 aromatic rings. The molecule has 2 atom stereocenters. The fourth-order valence-corrected chi connectivity index (χ4v) is 1.36. The lowest BCUT2D eigenvalue weighted by molar-refractivity contribution is 0.00951. The van der Waals surface area contributed by atoms with Gasteiger partial charge in [0, 0.05) is 0 Å². The summed E-state index contributed by atoms with van der Waals surface area (Å²) in [5, 5.41) is 18.6. The fourth-order valence-electron chi connectivity index (χ4n) is 1.36. The predicted octanol–water partition coefficient (Wildman–Crippen LogP) is 1.23. The predicted molar refractivity (Wildman–Crippen MR) is 44.2 cm³/mol. The summed E-state index contributed by atoms with van der Waals surface area (Å²) in [6.45, 7) is 2.07. The molecule has 1 aliphatic rings. The van der Waals surface area contributed by atoms with Gasteiger partial charge in [-0.25, -0.2) is 0 Å². The van der Waals surface area contributed by atoms with Gasteiger partial charge in [-0.05, 0) is 32.6 Å². The third-order valence-corrected chi connectivity index (χ3v) is 2.23. The lowest BCUT2D eigenvalue weighted by Crippen LogP contribution is -2.26. The molecule has 0 aliphatic heterocycles. The first-order valence-electron chi connectivity index (χ1n) is 4.22. The first kappa shape index (κ1) is 8.75. The Balaban J connectivity index is 2.49. The zero-order valence-corrected chi connectivity index (χ0v) is 6.95. The Bertz CT molecular complexity index is 152. The van der Waals surface area contributed by atoms with Gasteiger partial charge in [0.2, 0.25) is 0 Å². The Morgan fingerprint density at radius 3 is 2.64 bits per heavy atom. The van der Waals surface area contributed by atoms with E-state index in [-0.39, 0.29) is 0 Å². The zero-order valence-electron chi connectivity index (χ0n) is 6.95. The van der Waals surface area contributed by atoms with Crippen LogP contribution in [0.1, 0.15) is 32.6 Å². The molecule has 0 spiro atoms. The second-order valence-electron chi connectivity index (χ2n) is 3.30. The Morgan fingerprint density at radius 1 is 1.27 bits per heavy atom. The largest absolute Gasteiger partial charge is 0.390 e. The van der Waals surface area contributed by atoms with E-state index in [0.717, 1.165) is 12.8 Å². The molecule has 0 aromatic carbocycles. The fraction of sp³-hybridized carbons (Fsp3) is 0.778. The van der Waals surface area contributed by atoms with Crippen molar-refractivity contribution in [2.24, 2.45) is 0 Å². The lowest BCUT2D eigenvalue weighted by atomic mass is 9.97. The van der Waals surface area contributed by atoms with Gasteiger partial charge < -0.3 is 10.2 Å². The molecule has 0 saturated carbocycles. The minimum atomic E-state index is -0.515. The summed E-state index contributed by atoms with van der Waals surface area (Å²) in [6, 6.07) is 0. The normalized spacial score (nSPS) is 38.6. The van der Waals surface area contributed by atoms with Crippen LogP contribution in [0.3, 0.4) is 0 Å². The van der Waals surface area contributed by atoms with Crippen molar-refractivity contribution in [2.45, 2.75) is 44.8 Å². The Labute approximate surface area is 67.6 Å². The summed E-state index contributed by atoms with van der Waals surface area (Å²) in [7, 11) is 0. The summed E-state index contributed by atoms with van der Waals surface area (Å²) >= 11 is 0. The first-order chi connectivity index (χ1) is 5.20. The highest BCUT2D eigenvalue weighted by Crippen LogP contribution is 2.17. The zero-order chi connectivity index (χ0) is 8.27. The van der Waals surface area contributed by atoms with Crippen molar-refractivity contribution < 1.29 is 10.2 Å². The van der Waals surface area contributed by atoms with Gasteiger partial charge in [-0.2, -0.15) is 0 Å². The summed E-state index contributed by atoms with van der Waals surface area (Å²) in [4.78, 5) is 0. The van der Waals surface area contributed by atoms with E-state index in [1.807, 2.05) is 0 Å². The van der Waals surface area contributed by atoms with Gasteiger partial charge in [-0.15, -0.1) is 0 Å². The van der Waals surface area contributed by atoms with E-state index in [4.69, 9.17) is 0 Å². The molecule has 0 saturated heterocycles. The van der Waals surface area contributed by atoms with Gasteiger partial charge in [0.15, 0.2) is 0 Å². The summed E-state index contributed by atoms with van der Waals surface area (Å²) in [6.07, 6.45) is 4.32. The number of rotatable bonds is 0. The van der Waals surface area contributed by atoms with Crippen LogP contribution >= 0.6 is 0 Å². The highest BCUT2D eigenvalue weighted by molar-refractivity contribution is 5.00. The van der Waals surface area contributed by atoms with Crippen LogP contribution in [-0.4, -0.2) is 22.4 Å². The van der Waals surface area contributed by atoms with Crippen LogP contribution in [0.5, 0.6) is 0 Å². The smallest absolute Gasteiger partial charge is 0.0802 e. The van der Waals surface area contributed by atoms with E-state index in [0.29, 0.717) is 12.8 Å². The summed E-state index contributed by atoms with van der Waals surface area (Å²) in [5.74, 6) is 0. The van der Waals surface area contributed by atoms with Gasteiger partial charge in [-0.1, -0.05) is 11.6 Å². The minimum absolute atomic E-state index is 0.514. The molecule has 0 bridgehead atoms. The topological polar surface area (TPSA) is 40.5 Å². The highest BCUT2D eigenvalue weighted by atomic mass is 16.3. The van der Waals surface area contributed by atoms with E-state index in [2.05, 4.69) is 13.0 Å². The molecule has 0 amide bonds. The molecule has 1 rings (SSSR count). The molecule has 2 heteroatoms. The van der Waals surface area contributed by atoms with E-state index in [1.165, 1.54) is 5.57 Å². The lowest BCUT2D eigenvalue weighted by Gasteiger charge is -2.19. The van der Waals surface area contributed by atoms with Crippen LogP contribution in [0.15, 0.2) is 11.6 Å². The molecule has 0 radical (unpaired) electrons. The third-order valence-electron chi connectivity index (χ3n) is 2.23. The van der Waals surface area contributed by atoms with Gasteiger partial charge in [0.1, 0.15) is 0 Å². The van der Waals surface area contributed by atoms with Crippen molar-refractivity contribution in [1.82, 2.24) is 0 Å². The van der Waals surface area contributed by atoms with Crippen LogP contribution in [-0.2, 0) is 0 Å². The maximum atomic E-state index is 9.32. The second-order valence-corrected chi connectivity index (χ2v) is 3.30. The van der Waals surface area contributed by atoms with Crippen LogP contribution in [0.25, 0.3) is 0 Å². The SMILES string of the molecule is C/C1=C/CCC(O)C(O)CC1. The average Bonchev–Trinajstić information content (AvgIpc) is 1.98. The van der Waals surface area contributed by atoms with Gasteiger partial charge >= 0.3 is 0 Å². The molecule has 0 fully saturated rings. The maximum absolute atomic E-state index is 9.32. The van der Waals surface area contributed by atoms with Crippen molar-refractivity contribution in [3.05, 3.63) is 11.6 Å². The van der Waals surface area contributed by atoms with Crippen molar-refractivity contribution in [2.75, 3.05) is 0 Å². The van der Waals surface area contributed by atoms with Crippen LogP contribution < -0.4 is 0 Å². The molecule has 2 nitrogen and oxygen atoms in total. The molecule has 0 aromatic heterocycles. The summed E-state index contributed by atoms with van der Waals surface area (Å²) in [5.41, 5.74) is 1.33. The van der Waals surface area contributed by atoms with Crippen molar-refractivity contribution in [3.8, 4) is 0 Å². The molecule has 64 valence electrons. The van der Waals surface area contributed by atoms with Gasteiger partial charge in [-0.3, -0.25) is 0 Å². The van der Waals surface area contributed by atoms with Crippen LogP contribution in [0.2, 0.25) is 0 Å². The minimum Gasteiger partial charge on any atom is -0.390 e. The first-order valence-corrected chi connectivity index (χ1v) is 4.22. The Kier molecular flexibility index (Phi) is 3.09. The van der Waals surface area contributed by atoms with Crippen LogP contribution in [0, 0.1) is 0 Å². The number of aliphatic hydroxyl groups is 2. The molecule has 2 N–H and O–H groups in total. The molecule has 0 heterocycles. The van der Waals surface area contributed by atoms with E-state index >= 15 is 0 Å². The van der Waals surface area contributed by atoms with E-state index < -0.39 is 12.2 Å². The van der Waals surface area contributed by atoms with Crippen molar-refractivity contribution in [3.63, 3.8) is 0 Å². The molecular weight excluding hydrogens is 140 g/mol. The van der Waals surface area contributed by atoms with Crippen molar-refractivity contribution >= 4 is 0 Å². The van der Waals surface area contributed by atoms with E-state index in [9.17, 15) is 10.2 Å². The Hall–Kier alpha value is -0.340. The average molecular weight is 156 g/mol. The molecule has 2 unspecified atom stereocenters.